The van der Waals surface area contributed by atoms with E-state index in [0.717, 1.165) is 9.56 Å². The van der Waals surface area contributed by atoms with Crippen molar-refractivity contribution in [3.63, 3.8) is 0 Å². The van der Waals surface area contributed by atoms with E-state index in [-0.39, 0.29) is 24.5 Å². The van der Waals surface area contributed by atoms with Crippen molar-refractivity contribution in [2.24, 2.45) is 0 Å². The molecule has 0 fully saturated rings. The lowest BCUT2D eigenvalue weighted by atomic mass is 10.2. The van der Waals surface area contributed by atoms with Crippen LogP contribution in [0.2, 0.25) is 0 Å². The van der Waals surface area contributed by atoms with Crippen molar-refractivity contribution < 1.29 is 14.1 Å². The molecule has 9 nitrogen and oxygen atoms in total. The van der Waals surface area contributed by atoms with Gasteiger partial charge in [0.05, 0.1) is 16.3 Å². The molecule has 0 saturated heterocycles. The van der Waals surface area contributed by atoms with Crippen molar-refractivity contribution in [3.8, 4) is 10.8 Å². The Balaban J connectivity index is 1.62. The van der Waals surface area contributed by atoms with E-state index in [1.54, 1.807) is 12.1 Å². The molecule has 0 saturated carbocycles. The second-order valence-electron chi connectivity index (χ2n) is 4.98. The number of nitrogens with zero attached hydrogens (tertiary/aromatic N) is 3. The summed E-state index contributed by atoms with van der Waals surface area (Å²) < 4.78 is 6.12. The van der Waals surface area contributed by atoms with Crippen LogP contribution in [-0.2, 0) is 11.3 Å². The van der Waals surface area contributed by atoms with Crippen LogP contribution in [0.25, 0.3) is 10.8 Å². The van der Waals surface area contributed by atoms with Gasteiger partial charge in [-0.05, 0) is 17.5 Å². The maximum atomic E-state index is 12.0. The first-order chi connectivity index (χ1) is 12.0. The molecule has 0 spiro atoms. The number of amides is 1. The average Bonchev–Trinajstić information content (AvgIpc) is 3.23. The summed E-state index contributed by atoms with van der Waals surface area (Å²) in [5.41, 5.74) is 0.192. The van der Waals surface area contributed by atoms with Crippen molar-refractivity contribution in [1.29, 1.82) is 0 Å². The molecule has 3 rings (SSSR count). The molecule has 0 aliphatic heterocycles. The molecule has 1 N–H and O–H groups in total. The molecule has 0 unspecified atom stereocenters. The highest BCUT2D eigenvalue weighted by atomic mass is 32.1. The van der Waals surface area contributed by atoms with Crippen molar-refractivity contribution in [2.45, 2.75) is 13.0 Å². The number of benzene rings is 1. The number of aryl methyl sites for hydroxylation is 1. The summed E-state index contributed by atoms with van der Waals surface area (Å²) in [4.78, 5) is 34.6. The number of nitro benzene ring substituents is 1. The number of rotatable bonds is 6. The molecule has 0 bridgehead atoms. The van der Waals surface area contributed by atoms with E-state index in [1.807, 2.05) is 11.4 Å². The zero-order chi connectivity index (χ0) is 17.8. The molecule has 25 heavy (non-hydrogen) atoms. The van der Waals surface area contributed by atoms with Gasteiger partial charge in [0.25, 0.3) is 11.6 Å². The van der Waals surface area contributed by atoms with Crippen molar-refractivity contribution in [2.75, 3.05) is 5.32 Å². The van der Waals surface area contributed by atoms with E-state index in [4.69, 9.17) is 4.42 Å². The SMILES string of the molecule is O=C(CCn1nc(-c2cccs2)oc1=O)Nc1cccc([N+](=O)[O-])c1. The summed E-state index contributed by atoms with van der Waals surface area (Å²) in [6.45, 7) is 0.0362. The molecule has 2 heterocycles. The third-order valence-corrected chi connectivity index (χ3v) is 4.09. The Morgan fingerprint density at radius 1 is 1.36 bits per heavy atom. The minimum absolute atomic E-state index is 0.0288. The monoisotopic (exact) mass is 360 g/mol. The van der Waals surface area contributed by atoms with Gasteiger partial charge < -0.3 is 9.73 Å². The van der Waals surface area contributed by atoms with Crippen LogP contribution in [0.4, 0.5) is 11.4 Å². The molecule has 0 aliphatic rings. The number of nitrogens with one attached hydrogen (secondary N) is 1. The van der Waals surface area contributed by atoms with Crippen molar-refractivity contribution >= 4 is 28.6 Å². The van der Waals surface area contributed by atoms with E-state index >= 15 is 0 Å². The number of carbonyl (C=O) groups is 1. The van der Waals surface area contributed by atoms with Crippen molar-refractivity contribution in [1.82, 2.24) is 9.78 Å². The summed E-state index contributed by atoms with van der Waals surface area (Å²) in [6, 6.07) is 9.19. The average molecular weight is 360 g/mol. The van der Waals surface area contributed by atoms with Gasteiger partial charge in [0, 0.05) is 24.2 Å². The quantitative estimate of drug-likeness (QED) is 0.532. The Kier molecular flexibility index (Phi) is 4.70. The molecule has 0 aliphatic carbocycles. The van der Waals surface area contributed by atoms with Gasteiger partial charge in [-0.15, -0.1) is 16.4 Å². The molecule has 1 amide bonds. The van der Waals surface area contributed by atoms with Crippen LogP contribution in [-0.4, -0.2) is 20.6 Å². The minimum atomic E-state index is -0.647. The van der Waals surface area contributed by atoms with Gasteiger partial charge in [0.2, 0.25) is 5.91 Å². The third kappa shape index (κ3) is 3.98. The van der Waals surface area contributed by atoms with Crippen LogP contribution >= 0.6 is 11.3 Å². The molecule has 10 heteroatoms. The normalized spacial score (nSPS) is 10.6. The summed E-state index contributed by atoms with van der Waals surface area (Å²) in [7, 11) is 0. The van der Waals surface area contributed by atoms with Gasteiger partial charge in [-0.2, -0.15) is 4.68 Å². The summed E-state index contributed by atoms with van der Waals surface area (Å²) in [6.07, 6.45) is -0.0288. The number of non-ortho nitro benzene ring substituents is 1. The van der Waals surface area contributed by atoms with Gasteiger partial charge in [-0.25, -0.2) is 4.79 Å². The van der Waals surface area contributed by atoms with Crippen LogP contribution in [0, 0.1) is 10.1 Å². The fraction of sp³-hybridized carbons (Fsp3) is 0.133. The minimum Gasteiger partial charge on any atom is -0.387 e. The van der Waals surface area contributed by atoms with E-state index < -0.39 is 16.6 Å². The maximum absolute atomic E-state index is 12.0. The van der Waals surface area contributed by atoms with Crippen LogP contribution in [0.3, 0.4) is 0 Å². The number of anilines is 1. The molecule has 0 atom stereocenters. The third-order valence-electron chi connectivity index (χ3n) is 3.23. The van der Waals surface area contributed by atoms with E-state index in [0.29, 0.717) is 5.69 Å². The highest BCUT2D eigenvalue weighted by Gasteiger charge is 2.13. The van der Waals surface area contributed by atoms with Crippen LogP contribution in [0.1, 0.15) is 6.42 Å². The lowest BCUT2D eigenvalue weighted by Gasteiger charge is -2.04. The zero-order valence-corrected chi connectivity index (χ0v) is 13.6. The van der Waals surface area contributed by atoms with Gasteiger partial charge in [0.1, 0.15) is 0 Å². The van der Waals surface area contributed by atoms with Crippen LogP contribution < -0.4 is 11.1 Å². The first-order valence-electron chi connectivity index (χ1n) is 7.19. The van der Waals surface area contributed by atoms with Gasteiger partial charge in [-0.1, -0.05) is 12.1 Å². The largest absolute Gasteiger partial charge is 0.437 e. The fourth-order valence-corrected chi connectivity index (χ4v) is 2.72. The predicted octanol–water partition coefficient (Wildman–Crippen LogP) is 2.50. The van der Waals surface area contributed by atoms with Crippen LogP contribution in [0.5, 0.6) is 0 Å². The highest BCUT2D eigenvalue weighted by molar-refractivity contribution is 7.13. The zero-order valence-electron chi connectivity index (χ0n) is 12.7. The molecule has 3 aromatic rings. The second-order valence-corrected chi connectivity index (χ2v) is 5.93. The molecule has 128 valence electrons. The standard InChI is InChI=1S/C15H12N4O5S/c20-13(16-10-3-1-4-11(9-10)19(22)23)6-7-18-15(21)24-14(17-18)12-5-2-8-25-12/h1-5,8-9H,6-7H2,(H,16,20). The lowest BCUT2D eigenvalue weighted by molar-refractivity contribution is -0.384. The predicted molar refractivity (Wildman–Crippen MR) is 90.4 cm³/mol. The number of aromatic nitrogens is 2. The summed E-state index contributed by atoms with van der Waals surface area (Å²) in [5, 5.41) is 19.2. The number of nitro groups is 1. The van der Waals surface area contributed by atoms with E-state index in [2.05, 4.69) is 10.4 Å². The number of carbonyl (C=O) groups excluding carboxylic acids is 1. The van der Waals surface area contributed by atoms with Gasteiger partial charge in [-0.3, -0.25) is 14.9 Å². The molecule has 2 aromatic heterocycles. The second kappa shape index (κ2) is 7.09. The highest BCUT2D eigenvalue weighted by Crippen LogP contribution is 2.21. The van der Waals surface area contributed by atoms with Crippen LogP contribution in [0.15, 0.2) is 51.0 Å². The molecule has 1 aromatic carbocycles. The number of hydrogen-bond acceptors (Lipinski definition) is 7. The molecule has 0 radical (unpaired) electrons. The number of hydrogen-bond donors (Lipinski definition) is 1. The Hall–Kier alpha value is -3.27. The number of thiophene rings is 1. The smallest absolute Gasteiger partial charge is 0.387 e. The molecular formula is C15H12N4O5S. The maximum Gasteiger partial charge on any atom is 0.437 e. The van der Waals surface area contributed by atoms with Crippen molar-refractivity contribution in [3.05, 3.63) is 62.4 Å². The Bertz CT molecular complexity index is 960. The first-order valence-corrected chi connectivity index (χ1v) is 8.07. The summed E-state index contributed by atoms with van der Waals surface area (Å²) >= 11 is 1.39. The summed E-state index contributed by atoms with van der Waals surface area (Å²) in [5.74, 6) is -0.835. The Labute approximate surface area is 144 Å². The first kappa shape index (κ1) is 16.6. The lowest BCUT2D eigenvalue weighted by Crippen LogP contribution is -2.20. The topological polar surface area (TPSA) is 120 Å². The molecular weight excluding hydrogens is 348 g/mol. The Morgan fingerprint density at radius 2 is 2.20 bits per heavy atom. The van der Waals surface area contributed by atoms with Gasteiger partial charge >= 0.3 is 5.76 Å². The van der Waals surface area contributed by atoms with Gasteiger partial charge in [0.15, 0.2) is 0 Å². The van der Waals surface area contributed by atoms with E-state index in [1.165, 1.54) is 29.5 Å². The Morgan fingerprint density at radius 3 is 2.92 bits per heavy atom. The fourth-order valence-electron chi connectivity index (χ4n) is 2.08. The van der Waals surface area contributed by atoms with E-state index in [9.17, 15) is 19.7 Å².